The molecule has 1 aromatic heterocycles. The SMILES string of the molecule is O=C(CSc1nc2ccccc2[nH]1)N[C@@H]1C(=O)N2C(C(=O)[O-])=C(/C=C3\CCN(C4CC4)C3=O)CS[C@H]12.[Na+]. The van der Waals surface area contributed by atoms with Gasteiger partial charge in [-0.05, 0) is 43.0 Å². The molecule has 0 radical (unpaired) electrons. The minimum Gasteiger partial charge on any atom is -0.543 e. The fourth-order valence-corrected chi connectivity index (χ4v) is 6.80. The van der Waals surface area contributed by atoms with Crippen molar-refractivity contribution in [2.45, 2.75) is 41.9 Å². The van der Waals surface area contributed by atoms with E-state index in [9.17, 15) is 24.3 Å². The van der Waals surface area contributed by atoms with Crippen LogP contribution in [0, 0.1) is 0 Å². The van der Waals surface area contributed by atoms with Crippen molar-refractivity contribution in [3.8, 4) is 0 Å². The van der Waals surface area contributed by atoms with Crippen LogP contribution >= 0.6 is 23.5 Å². The standard InChI is InChI=1S/C24H23N5O5S2.Na/c30-17(11-36-24-25-15-3-1-2-4-16(15)26-24)27-18-21(32)29-19(23(33)34)13(10-35-22(18)29)9-12-7-8-28(20(12)31)14-5-6-14;/h1-4,9,14,18,22H,5-8,10-11H2,(H,25,26)(H,27,30)(H,33,34);/q;+1/p-1/b12-9+;/t18-,22-;/m1./s1. The number of hydrogen-bond acceptors (Lipinski definition) is 8. The molecule has 2 N–H and O–H groups in total. The summed E-state index contributed by atoms with van der Waals surface area (Å²) in [6.07, 6.45) is 4.19. The van der Waals surface area contributed by atoms with Crippen molar-refractivity contribution in [2.24, 2.45) is 0 Å². The first kappa shape index (κ1) is 26.4. The number of hydrogen-bond donors (Lipinski definition) is 2. The Hall–Kier alpha value is -2.25. The van der Waals surface area contributed by atoms with Crippen LogP contribution in [0.25, 0.3) is 11.0 Å². The molecular formula is C24H22N5NaO5S2. The van der Waals surface area contributed by atoms with E-state index in [0.717, 1.165) is 23.9 Å². The van der Waals surface area contributed by atoms with Crippen molar-refractivity contribution in [3.05, 3.63) is 47.2 Å². The third kappa shape index (κ3) is 4.97. The van der Waals surface area contributed by atoms with Crippen LogP contribution < -0.4 is 40.0 Å². The van der Waals surface area contributed by atoms with E-state index >= 15 is 0 Å². The molecule has 3 fully saturated rings. The number of fused-ring (bicyclic) bond motifs is 2. The largest absolute Gasteiger partial charge is 1.00 e. The monoisotopic (exact) mass is 547 g/mol. The molecule has 13 heteroatoms. The number of aromatic nitrogens is 2. The van der Waals surface area contributed by atoms with Crippen LogP contribution in [-0.2, 0) is 19.2 Å². The molecule has 1 saturated carbocycles. The van der Waals surface area contributed by atoms with Crippen LogP contribution in [0.4, 0.5) is 0 Å². The van der Waals surface area contributed by atoms with Gasteiger partial charge in [0.25, 0.3) is 5.91 Å². The molecule has 4 aliphatic rings. The van der Waals surface area contributed by atoms with E-state index in [1.165, 1.54) is 28.4 Å². The van der Waals surface area contributed by atoms with Crippen molar-refractivity contribution in [3.63, 3.8) is 0 Å². The third-order valence-electron chi connectivity index (χ3n) is 6.71. The number of para-hydroxylation sites is 2. The van der Waals surface area contributed by atoms with E-state index in [-0.39, 0.29) is 52.8 Å². The fourth-order valence-electron chi connectivity index (χ4n) is 4.80. The number of β-lactam (4-membered cyclic amide) rings is 1. The number of aliphatic carboxylic acids is 1. The molecule has 10 nitrogen and oxygen atoms in total. The van der Waals surface area contributed by atoms with Gasteiger partial charge < -0.3 is 25.1 Å². The van der Waals surface area contributed by atoms with Gasteiger partial charge in [-0.3, -0.25) is 19.3 Å². The molecule has 3 aliphatic heterocycles. The Labute approximate surface area is 243 Å². The molecular weight excluding hydrogens is 525 g/mol. The Balaban J connectivity index is 0.00000280. The number of amides is 3. The van der Waals surface area contributed by atoms with Gasteiger partial charge in [-0.25, -0.2) is 4.98 Å². The number of carboxylic acids is 1. The second-order valence-corrected chi connectivity index (χ2v) is 11.2. The van der Waals surface area contributed by atoms with Gasteiger partial charge in [-0.1, -0.05) is 23.9 Å². The maximum absolute atomic E-state index is 12.9. The molecule has 186 valence electrons. The van der Waals surface area contributed by atoms with Crippen LogP contribution in [0.3, 0.4) is 0 Å². The maximum Gasteiger partial charge on any atom is 1.00 e. The zero-order valence-corrected chi connectivity index (χ0v) is 23.7. The zero-order chi connectivity index (χ0) is 25.0. The summed E-state index contributed by atoms with van der Waals surface area (Å²) in [6, 6.07) is 7.02. The number of rotatable bonds is 7. The summed E-state index contributed by atoms with van der Waals surface area (Å²) in [5, 5.41) is 14.8. The molecule has 0 unspecified atom stereocenters. The van der Waals surface area contributed by atoms with Crippen molar-refractivity contribution >= 4 is 58.2 Å². The van der Waals surface area contributed by atoms with E-state index in [1.807, 2.05) is 29.2 Å². The smallest absolute Gasteiger partial charge is 0.543 e. The van der Waals surface area contributed by atoms with Gasteiger partial charge in [0.15, 0.2) is 5.16 Å². The molecule has 4 heterocycles. The zero-order valence-electron chi connectivity index (χ0n) is 20.1. The Bertz CT molecular complexity index is 1340. The maximum atomic E-state index is 12.9. The number of allylic oxidation sites excluding steroid dienone is 1. The summed E-state index contributed by atoms with van der Waals surface area (Å²) >= 11 is 2.59. The number of thioether (sulfide) groups is 2. The number of carbonyl (C=O) groups excluding carboxylic acids is 4. The first-order chi connectivity index (χ1) is 17.4. The quantitative estimate of drug-likeness (QED) is 0.166. The van der Waals surface area contributed by atoms with Gasteiger partial charge in [0.05, 0.1) is 28.5 Å². The van der Waals surface area contributed by atoms with Crippen molar-refractivity contribution in [2.75, 3.05) is 18.1 Å². The Kier molecular flexibility index (Phi) is 7.47. The van der Waals surface area contributed by atoms with Gasteiger partial charge in [-0.2, -0.15) is 0 Å². The van der Waals surface area contributed by atoms with Crippen molar-refractivity contribution in [1.82, 2.24) is 25.1 Å². The molecule has 2 aromatic rings. The van der Waals surface area contributed by atoms with Gasteiger partial charge in [0, 0.05) is 23.9 Å². The Morgan fingerprint density at radius 1 is 1.27 bits per heavy atom. The number of nitrogens with one attached hydrogen (secondary N) is 2. The fraction of sp³-hybridized carbons (Fsp3) is 0.375. The molecule has 6 rings (SSSR count). The van der Waals surface area contributed by atoms with Crippen LogP contribution in [-0.4, -0.2) is 79.0 Å². The molecule has 0 bridgehead atoms. The summed E-state index contributed by atoms with van der Waals surface area (Å²) in [4.78, 5) is 60.7. The molecule has 3 amide bonds. The van der Waals surface area contributed by atoms with Crippen molar-refractivity contribution < 1.29 is 53.8 Å². The summed E-state index contributed by atoms with van der Waals surface area (Å²) in [7, 11) is 0. The van der Waals surface area contributed by atoms with Gasteiger partial charge in [0.2, 0.25) is 11.8 Å². The van der Waals surface area contributed by atoms with Crippen LogP contribution in [0.2, 0.25) is 0 Å². The number of likely N-dealkylation sites (tertiary alicyclic amines) is 1. The first-order valence-electron chi connectivity index (χ1n) is 11.7. The second-order valence-electron chi connectivity index (χ2n) is 9.11. The van der Waals surface area contributed by atoms with E-state index in [0.29, 0.717) is 41.1 Å². The Morgan fingerprint density at radius 2 is 2.05 bits per heavy atom. The van der Waals surface area contributed by atoms with Gasteiger partial charge in [0.1, 0.15) is 11.4 Å². The predicted octanol–water partition coefficient (Wildman–Crippen LogP) is -2.62. The molecule has 2 saturated heterocycles. The summed E-state index contributed by atoms with van der Waals surface area (Å²) in [5.74, 6) is -2.00. The third-order valence-corrected chi connectivity index (χ3v) is 8.88. The average molecular weight is 548 g/mol. The molecule has 1 aromatic carbocycles. The number of carboxylic acid groups (broad SMARTS) is 1. The predicted molar refractivity (Wildman–Crippen MR) is 131 cm³/mol. The van der Waals surface area contributed by atoms with Crippen LogP contribution in [0.5, 0.6) is 0 Å². The minimum absolute atomic E-state index is 0. The first-order valence-corrected chi connectivity index (χ1v) is 13.7. The van der Waals surface area contributed by atoms with Crippen molar-refractivity contribution in [1.29, 1.82) is 0 Å². The van der Waals surface area contributed by atoms with E-state index in [4.69, 9.17) is 0 Å². The van der Waals surface area contributed by atoms with Crippen LogP contribution in [0.1, 0.15) is 19.3 Å². The second kappa shape index (κ2) is 10.5. The van der Waals surface area contributed by atoms with E-state index in [1.54, 1.807) is 6.08 Å². The normalized spacial score (nSPS) is 24.3. The number of nitrogens with zero attached hydrogens (tertiary/aromatic N) is 3. The molecule has 1 aliphatic carbocycles. The van der Waals surface area contributed by atoms with Gasteiger partial charge >= 0.3 is 29.6 Å². The number of imidazole rings is 1. The molecule has 0 spiro atoms. The summed E-state index contributed by atoms with van der Waals surface area (Å²) < 4.78 is 0. The van der Waals surface area contributed by atoms with Gasteiger partial charge in [-0.15, -0.1) is 11.8 Å². The molecule has 2 atom stereocenters. The number of H-pyrrole nitrogens is 1. The van der Waals surface area contributed by atoms with E-state index < -0.39 is 23.3 Å². The minimum atomic E-state index is -1.46. The summed E-state index contributed by atoms with van der Waals surface area (Å²) in [5.41, 5.74) is 2.42. The number of aromatic amines is 1. The average Bonchev–Trinajstić information content (AvgIpc) is 3.52. The Morgan fingerprint density at radius 3 is 2.78 bits per heavy atom. The van der Waals surface area contributed by atoms with E-state index in [2.05, 4.69) is 15.3 Å². The molecule has 37 heavy (non-hydrogen) atoms. The topological polar surface area (TPSA) is 139 Å². The number of benzene rings is 1. The summed E-state index contributed by atoms with van der Waals surface area (Å²) in [6.45, 7) is 0.641. The van der Waals surface area contributed by atoms with Crippen LogP contribution in [0.15, 0.2) is 52.3 Å². The number of carbonyl (C=O) groups is 4.